The second-order valence-electron chi connectivity index (χ2n) is 6.69. The SMILES string of the molecule is CCc1ccc(OCCNC(=O)c2cccc(CN3CCOCC3)c2)cc1. The molecule has 1 aliphatic rings. The Balaban J connectivity index is 1.43. The molecule has 5 heteroatoms. The molecule has 5 nitrogen and oxygen atoms in total. The number of hydrogen-bond acceptors (Lipinski definition) is 4. The first-order chi connectivity index (χ1) is 13.2. The van der Waals surface area contributed by atoms with Crippen molar-refractivity contribution in [3.05, 3.63) is 65.2 Å². The molecule has 0 radical (unpaired) electrons. The molecule has 0 aromatic heterocycles. The topological polar surface area (TPSA) is 50.8 Å². The lowest BCUT2D eigenvalue weighted by molar-refractivity contribution is 0.0342. The minimum absolute atomic E-state index is 0.0660. The van der Waals surface area contributed by atoms with Crippen LogP contribution in [-0.4, -0.2) is 50.3 Å². The Hall–Kier alpha value is -2.37. The van der Waals surface area contributed by atoms with Crippen LogP contribution in [0.3, 0.4) is 0 Å². The van der Waals surface area contributed by atoms with Crippen LogP contribution in [0.5, 0.6) is 5.75 Å². The Morgan fingerprint density at radius 1 is 1.11 bits per heavy atom. The number of benzene rings is 2. The Morgan fingerprint density at radius 3 is 2.63 bits per heavy atom. The lowest BCUT2D eigenvalue weighted by atomic mass is 10.1. The van der Waals surface area contributed by atoms with E-state index in [1.165, 1.54) is 5.56 Å². The van der Waals surface area contributed by atoms with Crippen LogP contribution in [0.4, 0.5) is 0 Å². The number of rotatable bonds is 8. The molecule has 1 heterocycles. The molecule has 27 heavy (non-hydrogen) atoms. The van der Waals surface area contributed by atoms with Crippen molar-refractivity contribution >= 4 is 5.91 Å². The zero-order chi connectivity index (χ0) is 18.9. The van der Waals surface area contributed by atoms with Gasteiger partial charge in [-0.3, -0.25) is 9.69 Å². The van der Waals surface area contributed by atoms with Crippen molar-refractivity contribution < 1.29 is 14.3 Å². The number of carbonyl (C=O) groups excluding carboxylic acids is 1. The Labute approximate surface area is 161 Å². The van der Waals surface area contributed by atoms with Crippen LogP contribution >= 0.6 is 0 Å². The molecule has 0 saturated carbocycles. The molecule has 0 bridgehead atoms. The molecule has 1 N–H and O–H groups in total. The number of nitrogens with one attached hydrogen (secondary N) is 1. The van der Waals surface area contributed by atoms with E-state index in [9.17, 15) is 4.79 Å². The fraction of sp³-hybridized carbons (Fsp3) is 0.409. The molecule has 2 aromatic rings. The van der Waals surface area contributed by atoms with Gasteiger partial charge in [0.1, 0.15) is 12.4 Å². The van der Waals surface area contributed by atoms with E-state index in [1.54, 1.807) is 0 Å². The average molecular weight is 368 g/mol. The van der Waals surface area contributed by atoms with Crippen molar-refractivity contribution in [2.24, 2.45) is 0 Å². The van der Waals surface area contributed by atoms with Gasteiger partial charge in [0, 0.05) is 25.2 Å². The summed E-state index contributed by atoms with van der Waals surface area (Å²) in [5.41, 5.74) is 3.12. The summed E-state index contributed by atoms with van der Waals surface area (Å²) in [6, 6.07) is 15.9. The fourth-order valence-electron chi connectivity index (χ4n) is 3.09. The highest BCUT2D eigenvalue weighted by Crippen LogP contribution is 2.12. The minimum atomic E-state index is -0.0660. The molecular weight excluding hydrogens is 340 g/mol. The predicted molar refractivity (Wildman–Crippen MR) is 106 cm³/mol. The Bertz CT molecular complexity index is 725. The van der Waals surface area contributed by atoms with Gasteiger partial charge in [-0.1, -0.05) is 31.2 Å². The summed E-state index contributed by atoms with van der Waals surface area (Å²) in [6.45, 7) is 7.33. The summed E-state index contributed by atoms with van der Waals surface area (Å²) in [5, 5.41) is 2.93. The highest BCUT2D eigenvalue weighted by atomic mass is 16.5. The van der Waals surface area contributed by atoms with Crippen molar-refractivity contribution in [2.75, 3.05) is 39.5 Å². The van der Waals surface area contributed by atoms with E-state index in [2.05, 4.69) is 35.3 Å². The summed E-state index contributed by atoms with van der Waals surface area (Å²) in [4.78, 5) is 14.7. The van der Waals surface area contributed by atoms with Crippen molar-refractivity contribution in [3.63, 3.8) is 0 Å². The maximum atomic E-state index is 12.4. The molecule has 3 rings (SSSR count). The summed E-state index contributed by atoms with van der Waals surface area (Å²) < 4.78 is 11.1. The van der Waals surface area contributed by atoms with Gasteiger partial charge in [-0.05, 0) is 41.8 Å². The number of amides is 1. The van der Waals surface area contributed by atoms with Gasteiger partial charge in [-0.25, -0.2) is 0 Å². The molecule has 0 spiro atoms. The smallest absolute Gasteiger partial charge is 0.251 e. The maximum absolute atomic E-state index is 12.4. The molecule has 2 aromatic carbocycles. The second kappa shape index (κ2) is 10.1. The molecule has 1 amide bonds. The van der Waals surface area contributed by atoms with Crippen molar-refractivity contribution in [1.29, 1.82) is 0 Å². The van der Waals surface area contributed by atoms with Crippen molar-refractivity contribution in [3.8, 4) is 5.75 Å². The minimum Gasteiger partial charge on any atom is -0.492 e. The van der Waals surface area contributed by atoms with Gasteiger partial charge in [-0.2, -0.15) is 0 Å². The third kappa shape index (κ3) is 6.08. The highest BCUT2D eigenvalue weighted by Gasteiger charge is 2.12. The quantitative estimate of drug-likeness (QED) is 0.728. The number of aryl methyl sites for hydroxylation is 1. The lowest BCUT2D eigenvalue weighted by Crippen LogP contribution is -2.35. The van der Waals surface area contributed by atoms with E-state index < -0.39 is 0 Å². The lowest BCUT2D eigenvalue weighted by Gasteiger charge is -2.26. The van der Waals surface area contributed by atoms with Gasteiger partial charge >= 0.3 is 0 Å². The van der Waals surface area contributed by atoms with E-state index >= 15 is 0 Å². The van der Waals surface area contributed by atoms with Gasteiger partial charge in [-0.15, -0.1) is 0 Å². The maximum Gasteiger partial charge on any atom is 0.251 e. The van der Waals surface area contributed by atoms with Crippen LogP contribution in [-0.2, 0) is 17.7 Å². The number of carbonyl (C=O) groups is 1. The number of nitrogens with zero attached hydrogens (tertiary/aromatic N) is 1. The number of morpholine rings is 1. The van der Waals surface area contributed by atoms with Crippen LogP contribution in [0.1, 0.15) is 28.4 Å². The van der Waals surface area contributed by atoms with E-state index in [0.717, 1.165) is 50.6 Å². The third-order valence-corrected chi connectivity index (χ3v) is 4.69. The van der Waals surface area contributed by atoms with Crippen LogP contribution in [0.25, 0.3) is 0 Å². The van der Waals surface area contributed by atoms with Crippen LogP contribution in [0.2, 0.25) is 0 Å². The zero-order valence-electron chi connectivity index (χ0n) is 15.9. The summed E-state index contributed by atoms with van der Waals surface area (Å²) in [5.74, 6) is 0.762. The molecule has 144 valence electrons. The fourth-order valence-corrected chi connectivity index (χ4v) is 3.09. The molecule has 0 aliphatic carbocycles. The molecule has 0 atom stereocenters. The van der Waals surface area contributed by atoms with Crippen molar-refractivity contribution in [2.45, 2.75) is 19.9 Å². The third-order valence-electron chi connectivity index (χ3n) is 4.69. The number of hydrogen-bond donors (Lipinski definition) is 1. The first-order valence-corrected chi connectivity index (χ1v) is 9.63. The van der Waals surface area contributed by atoms with Crippen molar-refractivity contribution in [1.82, 2.24) is 10.2 Å². The van der Waals surface area contributed by atoms with Gasteiger partial charge in [0.2, 0.25) is 0 Å². The van der Waals surface area contributed by atoms with E-state index in [0.29, 0.717) is 18.7 Å². The first kappa shape index (κ1) is 19.4. The second-order valence-corrected chi connectivity index (χ2v) is 6.69. The number of ether oxygens (including phenoxy) is 2. The Kier molecular flexibility index (Phi) is 7.25. The van der Waals surface area contributed by atoms with E-state index in [1.807, 2.05) is 30.3 Å². The van der Waals surface area contributed by atoms with Crippen LogP contribution < -0.4 is 10.1 Å². The van der Waals surface area contributed by atoms with E-state index in [4.69, 9.17) is 9.47 Å². The molecule has 0 unspecified atom stereocenters. The summed E-state index contributed by atoms with van der Waals surface area (Å²) in [7, 11) is 0. The summed E-state index contributed by atoms with van der Waals surface area (Å²) in [6.07, 6.45) is 1.01. The van der Waals surface area contributed by atoms with E-state index in [-0.39, 0.29) is 5.91 Å². The van der Waals surface area contributed by atoms with Gasteiger partial charge in [0.05, 0.1) is 19.8 Å². The molecule has 1 fully saturated rings. The molecule has 1 saturated heterocycles. The van der Waals surface area contributed by atoms with Crippen LogP contribution in [0, 0.1) is 0 Å². The van der Waals surface area contributed by atoms with Gasteiger partial charge in [0.15, 0.2) is 0 Å². The van der Waals surface area contributed by atoms with Gasteiger partial charge < -0.3 is 14.8 Å². The average Bonchev–Trinajstić information content (AvgIpc) is 2.72. The van der Waals surface area contributed by atoms with Gasteiger partial charge in [0.25, 0.3) is 5.91 Å². The monoisotopic (exact) mass is 368 g/mol. The van der Waals surface area contributed by atoms with Crippen LogP contribution in [0.15, 0.2) is 48.5 Å². The summed E-state index contributed by atoms with van der Waals surface area (Å²) >= 11 is 0. The zero-order valence-corrected chi connectivity index (χ0v) is 15.9. The molecular formula is C22H28N2O3. The highest BCUT2D eigenvalue weighted by molar-refractivity contribution is 5.94. The normalized spacial score (nSPS) is 14.7. The standard InChI is InChI=1S/C22H28N2O3/c1-2-18-6-8-21(9-7-18)27-13-10-23-22(25)20-5-3-4-19(16-20)17-24-11-14-26-15-12-24/h3-9,16H,2,10-15,17H2,1H3,(H,23,25). The first-order valence-electron chi connectivity index (χ1n) is 9.63. The molecule has 1 aliphatic heterocycles. The Morgan fingerprint density at radius 2 is 1.89 bits per heavy atom. The largest absolute Gasteiger partial charge is 0.492 e. The predicted octanol–water partition coefficient (Wildman–Crippen LogP) is 2.89.